The number of nitrogens with zero attached hydrogens (tertiary/aromatic N) is 2. The van der Waals surface area contributed by atoms with Gasteiger partial charge in [-0.15, -0.1) is 0 Å². The molecule has 2 amide bonds. The molecule has 2 aromatic carbocycles. The van der Waals surface area contributed by atoms with Gasteiger partial charge in [0.1, 0.15) is 11.6 Å². The van der Waals surface area contributed by atoms with E-state index in [2.05, 4.69) is 10.5 Å². The second-order valence-corrected chi connectivity index (χ2v) is 18.4. The summed E-state index contributed by atoms with van der Waals surface area (Å²) in [6.45, 7) is 1.49. The molecule has 4 N–H and O–H groups in total. The van der Waals surface area contributed by atoms with Crippen molar-refractivity contribution in [2.24, 2.45) is 0 Å². The van der Waals surface area contributed by atoms with E-state index in [1.165, 1.54) is 12.3 Å². The Bertz CT molecular complexity index is 2390. The monoisotopic (exact) mass is 951 g/mol. The molecule has 2 aliphatic carbocycles. The molecule has 2 heterocycles. The van der Waals surface area contributed by atoms with Crippen molar-refractivity contribution in [2.45, 2.75) is 81.7 Å². The number of anilines is 1. The quantitative estimate of drug-likeness (QED) is 0.0305. The molecule has 1 aromatic heterocycles. The largest absolute Gasteiger partial charge is 0.480 e. The Morgan fingerprint density at radius 1 is 1.03 bits per heavy atom. The molecule has 3 aromatic rings. The highest BCUT2D eigenvalue weighted by atomic mass is 35.5. The number of halogens is 5. The lowest BCUT2D eigenvalue weighted by atomic mass is 9.93. The zero-order valence-electron chi connectivity index (χ0n) is 33.7. The van der Waals surface area contributed by atoms with Gasteiger partial charge in [0.15, 0.2) is 28.0 Å². The average molecular weight is 952 g/mol. The molecule has 24 heteroatoms. The van der Waals surface area contributed by atoms with E-state index in [1.807, 2.05) is 6.92 Å². The second kappa shape index (κ2) is 21.6. The predicted molar refractivity (Wildman–Crippen MR) is 214 cm³/mol. The summed E-state index contributed by atoms with van der Waals surface area (Å²) in [5, 5.41) is 13.5. The predicted octanol–water partition coefficient (Wildman–Crippen LogP) is 6.34. The number of ether oxygens (including phenoxy) is 2. The van der Waals surface area contributed by atoms with E-state index in [0.29, 0.717) is 48.5 Å². The summed E-state index contributed by atoms with van der Waals surface area (Å²) >= 11 is 6.02. The Kier molecular flexibility index (Phi) is 17.4. The maximum absolute atomic E-state index is 14.5. The van der Waals surface area contributed by atoms with Crippen LogP contribution in [-0.2, 0) is 44.5 Å². The average Bonchev–Trinajstić information content (AvgIpc) is 3.87. The number of carbonyl (C=O) groups excluding carboxylic acids is 4. The molecule has 344 valence electrons. The van der Waals surface area contributed by atoms with Gasteiger partial charge in [0.25, 0.3) is 11.8 Å². The topological polar surface area (TPSA) is 257 Å². The van der Waals surface area contributed by atoms with Gasteiger partial charge in [0.05, 0.1) is 52.4 Å². The number of imide groups is 1. The van der Waals surface area contributed by atoms with E-state index in [-0.39, 0.29) is 33.5 Å². The molecule has 0 bridgehead atoms. The van der Waals surface area contributed by atoms with Crippen molar-refractivity contribution < 1.29 is 83.4 Å². The number of amides is 2. The lowest BCUT2D eigenvalue weighted by Crippen LogP contribution is -2.32. The Balaban J connectivity index is 0.000000231. The maximum Gasteiger partial charge on any atom is 0.416 e. The van der Waals surface area contributed by atoms with E-state index in [1.54, 1.807) is 0 Å². The first-order valence-corrected chi connectivity index (χ1v) is 23.3. The molecule has 0 spiro atoms. The van der Waals surface area contributed by atoms with Crippen LogP contribution in [0.25, 0.3) is 0 Å². The molecular weight excluding hydrogens is 909 g/mol. The second-order valence-electron chi connectivity index (χ2n) is 14.4. The molecule has 1 fully saturated rings. The number of aromatic nitrogens is 1. The van der Waals surface area contributed by atoms with E-state index in [0.717, 1.165) is 68.2 Å². The van der Waals surface area contributed by atoms with Gasteiger partial charge >= 0.3 is 25.7 Å². The Morgan fingerprint density at radius 2 is 1.67 bits per heavy atom. The number of rotatable bonds is 16. The fourth-order valence-electron chi connectivity index (χ4n) is 6.18. The lowest BCUT2D eigenvalue weighted by Gasteiger charge is -2.18. The summed E-state index contributed by atoms with van der Waals surface area (Å²) in [4.78, 5) is 76.1. The molecule has 63 heavy (non-hydrogen) atoms. The number of nitrogens with one attached hydrogen (secondary N) is 1. The molecule has 0 atom stereocenters. The van der Waals surface area contributed by atoms with Gasteiger partial charge in [-0.2, -0.15) is 13.2 Å². The van der Waals surface area contributed by atoms with Gasteiger partial charge in [-0.25, -0.2) is 22.5 Å². The maximum atomic E-state index is 14.5. The Hall–Kier alpha value is -4.99. The number of benzene rings is 2. The summed E-state index contributed by atoms with van der Waals surface area (Å²) < 4.78 is 102. The zero-order chi connectivity index (χ0) is 46.9. The first kappa shape index (κ1) is 50.7. The van der Waals surface area contributed by atoms with Crippen molar-refractivity contribution in [3.63, 3.8) is 0 Å². The number of hydrogen-bond acceptors (Lipinski definition) is 13. The first-order valence-electron chi connectivity index (χ1n) is 19.2. The summed E-state index contributed by atoms with van der Waals surface area (Å²) in [5.74, 6) is -3.87. The highest BCUT2D eigenvalue weighted by Gasteiger charge is 2.41. The van der Waals surface area contributed by atoms with E-state index < -0.39 is 88.9 Å². The van der Waals surface area contributed by atoms with Crippen molar-refractivity contribution in [3.05, 3.63) is 81.0 Å². The highest BCUT2D eigenvalue weighted by Crippen LogP contribution is 2.43. The number of carboxylic acid groups (broad SMARTS) is 1. The fraction of sp³-hybridized carbons (Fsp3) is 0.436. The third-order valence-corrected chi connectivity index (χ3v) is 11.4. The van der Waals surface area contributed by atoms with Crippen molar-refractivity contribution in [3.8, 4) is 5.75 Å². The van der Waals surface area contributed by atoms with Crippen molar-refractivity contribution in [2.75, 3.05) is 37.2 Å². The number of hydrogen-bond donors (Lipinski definition) is 4. The smallest absolute Gasteiger partial charge is 0.416 e. The van der Waals surface area contributed by atoms with Crippen LogP contribution in [0.5, 0.6) is 5.75 Å². The molecule has 1 aliphatic heterocycles. The molecular formula is C39H43ClF4N3O14PS. The van der Waals surface area contributed by atoms with Gasteiger partial charge in [0.2, 0.25) is 0 Å². The molecule has 3 aliphatic rings. The number of sulfone groups is 1. The van der Waals surface area contributed by atoms with Crippen LogP contribution < -0.4 is 15.0 Å². The first-order chi connectivity index (χ1) is 29.4. The molecule has 1 saturated carbocycles. The van der Waals surface area contributed by atoms with Crippen LogP contribution in [0.3, 0.4) is 0 Å². The van der Waals surface area contributed by atoms with Crippen molar-refractivity contribution >= 4 is 64.3 Å². The Labute approximate surface area is 362 Å². The van der Waals surface area contributed by atoms with Crippen LogP contribution in [0, 0.1) is 5.82 Å². The molecule has 17 nitrogen and oxygen atoms in total. The summed E-state index contributed by atoms with van der Waals surface area (Å²) in [6.07, 6.45) is 3.66. The minimum Gasteiger partial charge on any atom is -0.480 e. The zero-order valence-corrected chi connectivity index (χ0v) is 36.2. The van der Waals surface area contributed by atoms with Crippen LogP contribution >= 0.6 is 19.2 Å². The highest BCUT2D eigenvalue weighted by molar-refractivity contribution is 7.90. The van der Waals surface area contributed by atoms with Gasteiger partial charge in [-0.1, -0.05) is 36.5 Å². The summed E-state index contributed by atoms with van der Waals surface area (Å²) in [7, 11) is -8.14. The number of carboxylic acids is 1. The van der Waals surface area contributed by atoms with E-state index in [9.17, 15) is 54.5 Å². The van der Waals surface area contributed by atoms with Gasteiger partial charge in [-0.05, 0) is 69.2 Å². The summed E-state index contributed by atoms with van der Waals surface area (Å²) in [6, 6.07) is 4.19. The molecule has 6 rings (SSSR count). The number of unbranched alkanes of at least 4 members (excludes halogenated alkanes) is 2. The lowest BCUT2D eigenvalue weighted by molar-refractivity contribution is -0.146. The van der Waals surface area contributed by atoms with Crippen LogP contribution in [0.2, 0.25) is 5.02 Å². The third-order valence-electron chi connectivity index (χ3n) is 9.33. The normalized spacial score (nSPS) is 15.2. The SMILES string of the molecule is CCCCCOC(=O)COc1cc(N2C(=O)C3=C(CCCC3)C2=O)c(F)cc1Cl.CS(=O)(=O)c1cc(C(F)(F)F)ccc1C(=O)c1cnoc1C1CC1.O=C(O)CNCP(=O)(O)O. The molecule has 0 saturated heterocycles. The van der Waals surface area contributed by atoms with Crippen molar-refractivity contribution in [1.82, 2.24) is 10.5 Å². The van der Waals surface area contributed by atoms with Gasteiger partial charge in [-0.3, -0.25) is 29.1 Å². The van der Waals surface area contributed by atoms with Crippen LogP contribution in [0.1, 0.15) is 97.9 Å². The number of esters is 1. The van der Waals surface area contributed by atoms with E-state index >= 15 is 0 Å². The van der Waals surface area contributed by atoms with Crippen LogP contribution in [0.4, 0.5) is 23.2 Å². The fourth-order valence-corrected chi connectivity index (χ4v) is 7.69. The van der Waals surface area contributed by atoms with Crippen molar-refractivity contribution in [1.29, 1.82) is 0 Å². The molecule has 0 radical (unpaired) electrons. The van der Waals surface area contributed by atoms with E-state index in [4.69, 9.17) is 40.5 Å². The Morgan fingerprint density at radius 3 is 2.21 bits per heavy atom. The molecule has 0 unspecified atom stereocenters. The minimum atomic E-state index is -4.71. The number of ketones is 1. The summed E-state index contributed by atoms with van der Waals surface area (Å²) in [5.41, 5.74) is -0.697. The minimum absolute atomic E-state index is 0.000883. The standard InChI is InChI=1S/C21H23ClFNO5.C15H12F3NO4S.C3H8NO5P/c1-2-3-6-9-28-19(25)12-29-18-11-17(16(23)10-15(18)22)24-20(26)13-7-4-5-8-14(13)21(24)27;1-24(21,22)12-6-9(15(16,17)18)4-5-10(12)13(20)11-7-19-23-14(11)8-2-3-8;5-3(6)1-4-2-10(7,8)9/h10-11H,2-9,12H2,1H3;4-8H,2-3H2,1H3;4H,1-2H2,(H,5,6)(H2,7,8,9). The van der Waals surface area contributed by atoms with Gasteiger partial charge in [0, 0.05) is 34.9 Å². The van der Waals surface area contributed by atoms with Crippen LogP contribution in [0.15, 0.2) is 57.1 Å². The number of alkyl halides is 3. The third kappa shape index (κ3) is 14.3. The number of aliphatic carboxylic acids is 1. The number of carbonyl (C=O) groups is 5. The van der Waals surface area contributed by atoms with Crippen LogP contribution in [-0.4, -0.2) is 90.3 Å². The van der Waals surface area contributed by atoms with Gasteiger partial charge < -0.3 is 28.9 Å².